The number of nitrogens with one attached hydrogen (secondary N) is 1. The Morgan fingerprint density at radius 1 is 1.47 bits per heavy atom. The summed E-state index contributed by atoms with van der Waals surface area (Å²) in [4.78, 5) is 10.5. The van der Waals surface area contributed by atoms with Gasteiger partial charge >= 0.3 is 0 Å². The Hall–Kier alpha value is -1.65. The molecule has 1 rings (SSSR count). The van der Waals surface area contributed by atoms with Gasteiger partial charge in [-0.2, -0.15) is 0 Å². The van der Waals surface area contributed by atoms with E-state index in [1.165, 1.54) is 0 Å². The standard InChI is InChI=1S/C12H21N5/c1-8(2)7-9(3)17(4)12-15-6-5-10(16-12)11(13)14/h5-6,8-9H,7H2,1-4H3,(H3,13,14). The molecule has 94 valence electrons. The van der Waals surface area contributed by atoms with Crippen LogP contribution in [0.1, 0.15) is 32.9 Å². The highest BCUT2D eigenvalue weighted by Gasteiger charge is 2.14. The van der Waals surface area contributed by atoms with Gasteiger partial charge in [0, 0.05) is 19.3 Å². The first kappa shape index (κ1) is 13.4. The molecule has 5 heteroatoms. The lowest BCUT2D eigenvalue weighted by Gasteiger charge is -2.26. The number of amidine groups is 1. The van der Waals surface area contributed by atoms with Crippen molar-refractivity contribution in [1.29, 1.82) is 5.41 Å². The van der Waals surface area contributed by atoms with E-state index < -0.39 is 0 Å². The number of rotatable bonds is 5. The van der Waals surface area contributed by atoms with Crippen molar-refractivity contribution in [2.75, 3.05) is 11.9 Å². The third-order valence-corrected chi connectivity index (χ3v) is 2.71. The van der Waals surface area contributed by atoms with Crippen LogP contribution in [0.5, 0.6) is 0 Å². The van der Waals surface area contributed by atoms with E-state index in [4.69, 9.17) is 11.1 Å². The molecular formula is C12H21N5. The second kappa shape index (κ2) is 5.61. The van der Waals surface area contributed by atoms with Gasteiger partial charge in [-0.15, -0.1) is 0 Å². The van der Waals surface area contributed by atoms with Gasteiger partial charge in [0.05, 0.1) is 0 Å². The Morgan fingerprint density at radius 2 is 2.12 bits per heavy atom. The van der Waals surface area contributed by atoms with E-state index in [0.29, 0.717) is 23.6 Å². The molecule has 0 aromatic carbocycles. The van der Waals surface area contributed by atoms with Crippen molar-refractivity contribution in [2.45, 2.75) is 33.2 Å². The SMILES string of the molecule is CC(C)CC(C)N(C)c1nccc(C(=N)N)n1. The summed E-state index contributed by atoms with van der Waals surface area (Å²) in [6, 6.07) is 2.00. The maximum atomic E-state index is 7.36. The van der Waals surface area contributed by atoms with E-state index in [9.17, 15) is 0 Å². The quantitative estimate of drug-likeness (QED) is 0.600. The molecule has 1 aromatic rings. The lowest BCUT2D eigenvalue weighted by atomic mass is 10.0. The van der Waals surface area contributed by atoms with Crippen molar-refractivity contribution >= 4 is 11.8 Å². The van der Waals surface area contributed by atoms with E-state index in [2.05, 4.69) is 30.7 Å². The first-order chi connectivity index (χ1) is 7.91. The maximum Gasteiger partial charge on any atom is 0.225 e. The number of hydrogen-bond donors (Lipinski definition) is 2. The molecule has 0 saturated heterocycles. The van der Waals surface area contributed by atoms with Crippen LogP contribution in [0.25, 0.3) is 0 Å². The molecule has 0 aliphatic heterocycles. The number of aromatic nitrogens is 2. The summed E-state index contributed by atoms with van der Waals surface area (Å²) in [7, 11) is 1.96. The Kier molecular flexibility index (Phi) is 4.43. The zero-order valence-corrected chi connectivity index (χ0v) is 10.9. The summed E-state index contributed by atoms with van der Waals surface area (Å²) in [6.07, 6.45) is 2.71. The average molecular weight is 235 g/mol. The fourth-order valence-corrected chi connectivity index (χ4v) is 1.71. The second-order valence-corrected chi connectivity index (χ2v) is 4.75. The van der Waals surface area contributed by atoms with Gasteiger partial charge in [0.25, 0.3) is 0 Å². The summed E-state index contributed by atoms with van der Waals surface area (Å²) in [5.41, 5.74) is 5.89. The molecule has 0 radical (unpaired) electrons. The van der Waals surface area contributed by atoms with Crippen LogP contribution in [0.4, 0.5) is 5.95 Å². The van der Waals surface area contributed by atoms with Crippen LogP contribution >= 0.6 is 0 Å². The third kappa shape index (κ3) is 3.69. The topological polar surface area (TPSA) is 78.9 Å². The molecule has 0 aliphatic carbocycles. The summed E-state index contributed by atoms with van der Waals surface area (Å²) in [6.45, 7) is 6.53. The van der Waals surface area contributed by atoms with Crippen LogP contribution in [-0.2, 0) is 0 Å². The van der Waals surface area contributed by atoms with Gasteiger partial charge in [0.2, 0.25) is 5.95 Å². The van der Waals surface area contributed by atoms with E-state index in [0.717, 1.165) is 6.42 Å². The van der Waals surface area contributed by atoms with Gasteiger partial charge < -0.3 is 10.6 Å². The lowest BCUT2D eigenvalue weighted by molar-refractivity contribution is 0.499. The fourth-order valence-electron chi connectivity index (χ4n) is 1.71. The van der Waals surface area contributed by atoms with Gasteiger partial charge in [-0.25, -0.2) is 9.97 Å². The summed E-state index contributed by atoms with van der Waals surface area (Å²) in [5, 5.41) is 7.36. The van der Waals surface area contributed by atoms with Crippen molar-refractivity contribution in [3.8, 4) is 0 Å². The molecule has 1 heterocycles. The largest absolute Gasteiger partial charge is 0.382 e. The normalized spacial score (nSPS) is 12.5. The number of nitrogen functional groups attached to an aromatic ring is 1. The Morgan fingerprint density at radius 3 is 2.65 bits per heavy atom. The van der Waals surface area contributed by atoms with Crippen molar-refractivity contribution in [3.63, 3.8) is 0 Å². The predicted octanol–water partition coefficient (Wildman–Crippen LogP) is 1.63. The van der Waals surface area contributed by atoms with Gasteiger partial charge in [-0.1, -0.05) is 13.8 Å². The van der Waals surface area contributed by atoms with E-state index in [1.54, 1.807) is 12.3 Å². The van der Waals surface area contributed by atoms with Crippen LogP contribution in [-0.4, -0.2) is 28.9 Å². The van der Waals surface area contributed by atoms with Crippen molar-refractivity contribution in [2.24, 2.45) is 11.7 Å². The first-order valence-electron chi connectivity index (χ1n) is 5.82. The van der Waals surface area contributed by atoms with Crippen LogP contribution in [0, 0.1) is 11.3 Å². The molecule has 0 aliphatic rings. The van der Waals surface area contributed by atoms with E-state index in [1.807, 2.05) is 11.9 Å². The minimum atomic E-state index is -0.0291. The zero-order chi connectivity index (χ0) is 13.0. The number of hydrogen-bond acceptors (Lipinski definition) is 4. The molecule has 0 amide bonds. The van der Waals surface area contributed by atoms with E-state index >= 15 is 0 Å². The summed E-state index contributed by atoms with van der Waals surface area (Å²) >= 11 is 0. The molecule has 1 atom stereocenters. The maximum absolute atomic E-state index is 7.36. The van der Waals surface area contributed by atoms with Crippen molar-refractivity contribution < 1.29 is 0 Å². The fraction of sp³-hybridized carbons (Fsp3) is 0.583. The van der Waals surface area contributed by atoms with Gasteiger partial charge in [0.15, 0.2) is 0 Å². The van der Waals surface area contributed by atoms with Gasteiger partial charge in [-0.3, -0.25) is 5.41 Å². The number of nitrogens with zero attached hydrogens (tertiary/aromatic N) is 3. The smallest absolute Gasteiger partial charge is 0.225 e. The molecule has 0 bridgehead atoms. The van der Waals surface area contributed by atoms with Crippen LogP contribution in [0.15, 0.2) is 12.3 Å². The molecule has 1 aromatic heterocycles. The summed E-state index contributed by atoms with van der Waals surface area (Å²) in [5.74, 6) is 1.22. The Bertz CT molecular complexity index is 388. The summed E-state index contributed by atoms with van der Waals surface area (Å²) < 4.78 is 0. The highest BCUT2D eigenvalue weighted by Crippen LogP contribution is 2.14. The minimum absolute atomic E-state index is 0.0291. The monoisotopic (exact) mass is 235 g/mol. The van der Waals surface area contributed by atoms with Crippen LogP contribution < -0.4 is 10.6 Å². The number of anilines is 1. The predicted molar refractivity (Wildman–Crippen MR) is 70.4 cm³/mol. The third-order valence-electron chi connectivity index (χ3n) is 2.71. The highest BCUT2D eigenvalue weighted by molar-refractivity contribution is 5.93. The van der Waals surface area contributed by atoms with Crippen LogP contribution in [0.2, 0.25) is 0 Å². The Labute approximate surface area is 103 Å². The average Bonchev–Trinajstić information content (AvgIpc) is 2.27. The molecule has 1 unspecified atom stereocenters. The molecule has 0 saturated carbocycles. The van der Waals surface area contributed by atoms with Crippen molar-refractivity contribution in [3.05, 3.63) is 18.0 Å². The molecule has 3 N–H and O–H groups in total. The number of nitrogens with two attached hydrogens (primary N) is 1. The van der Waals surface area contributed by atoms with E-state index in [-0.39, 0.29) is 5.84 Å². The molecule has 0 fully saturated rings. The highest BCUT2D eigenvalue weighted by atomic mass is 15.2. The van der Waals surface area contributed by atoms with Gasteiger partial charge in [-0.05, 0) is 25.3 Å². The first-order valence-corrected chi connectivity index (χ1v) is 5.82. The lowest BCUT2D eigenvalue weighted by Crippen LogP contribution is -2.32. The minimum Gasteiger partial charge on any atom is -0.382 e. The molecular weight excluding hydrogens is 214 g/mol. The molecule has 0 spiro atoms. The Balaban J connectivity index is 2.84. The second-order valence-electron chi connectivity index (χ2n) is 4.75. The van der Waals surface area contributed by atoms with Gasteiger partial charge in [0.1, 0.15) is 11.5 Å². The molecule has 5 nitrogen and oxygen atoms in total. The zero-order valence-electron chi connectivity index (χ0n) is 10.9. The van der Waals surface area contributed by atoms with Crippen molar-refractivity contribution in [1.82, 2.24) is 9.97 Å². The molecule has 17 heavy (non-hydrogen) atoms. The van der Waals surface area contributed by atoms with Crippen LogP contribution in [0.3, 0.4) is 0 Å².